The number of hydrogen-bond donors (Lipinski definition) is 1. The van der Waals surface area contributed by atoms with E-state index < -0.39 is 0 Å². The third-order valence-corrected chi connectivity index (χ3v) is 7.09. The molecule has 2 amide bonds. The molecule has 4 rings (SSSR count). The third-order valence-electron chi connectivity index (χ3n) is 5.95. The largest absolute Gasteiger partial charge is 0.353 e. The number of fused-ring (bicyclic) bond motifs is 1. The molecule has 0 bridgehead atoms. The minimum Gasteiger partial charge on any atom is -0.353 e. The van der Waals surface area contributed by atoms with Crippen LogP contribution in [0.25, 0.3) is 10.2 Å². The van der Waals surface area contributed by atoms with Crippen LogP contribution < -0.4 is 5.32 Å². The summed E-state index contributed by atoms with van der Waals surface area (Å²) in [7, 11) is 0. The maximum Gasteiger partial charge on any atom is 0.223 e. The second-order valence-electron chi connectivity index (χ2n) is 8.02. The Morgan fingerprint density at radius 1 is 1.04 bits per heavy atom. The average molecular weight is 400 g/mol. The smallest absolute Gasteiger partial charge is 0.223 e. The predicted octanol–water partition coefficient (Wildman–Crippen LogP) is 4.58. The highest BCUT2D eigenvalue weighted by Gasteiger charge is 2.32. The van der Waals surface area contributed by atoms with Crippen LogP contribution >= 0.6 is 11.3 Å². The second kappa shape index (κ2) is 9.03. The van der Waals surface area contributed by atoms with Gasteiger partial charge in [0.1, 0.15) is 5.01 Å². The van der Waals surface area contributed by atoms with Gasteiger partial charge >= 0.3 is 0 Å². The van der Waals surface area contributed by atoms with Gasteiger partial charge in [0.05, 0.1) is 16.3 Å². The summed E-state index contributed by atoms with van der Waals surface area (Å²) < 4.78 is 1.17. The Balaban J connectivity index is 1.32. The van der Waals surface area contributed by atoms with Gasteiger partial charge in [-0.25, -0.2) is 4.98 Å². The van der Waals surface area contributed by atoms with Crippen molar-refractivity contribution < 1.29 is 9.59 Å². The second-order valence-corrected chi connectivity index (χ2v) is 9.08. The van der Waals surface area contributed by atoms with Crippen molar-refractivity contribution in [1.29, 1.82) is 0 Å². The molecule has 0 radical (unpaired) electrons. The summed E-state index contributed by atoms with van der Waals surface area (Å²) in [4.78, 5) is 31.8. The third kappa shape index (κ3) is 4.54. The number of nitrogens with zero attached hydrogens (tertiary/aromatic N) is 2. The van der Waals surface area contributed by atoms with Crippen LogP contribution in [0, 0.1) is 0 Å². The van der Waals surface area contributed by atoms with Crippen molar-refractivity contribution in [2.75, 3.05) is 6.54 Å². The Kier molecular flexibility index (Phi) is 6.25. The van der Waals surface area contributed by atoms with Gasteiger partial charge < -0.3 is 10.2 Å². The van der Waals surface area contributed by atoms with E-state index in [4.69, 9.17) is 4.98 Å². The molecule has 0 spiro atoms. The molecule has 1 saturated heterocycles. The zero-order valence-corrected chi connectivity index (χ0v) is 17.2. The van der Waals surface area contributed by atoms with Gasteiger partial charge in [-0.3, -0.25) is 9.59 Å². The summed E-state index contributed by atoms with van der Waals surface area (Å²) in [6.45, 7) is 0.768. The van der Waals surface area contributed by atoms with E-state index >= 15 is 0 Å². The van der Waals surface area contributed by atoms with E-state index in [9.17, 15) is 9.59 Å². The fourth-order valence-corrected chi connectivity index (χ4v) is 5.56. The maximum atomic E-state index is 12.8. The lowest BCUT2D eigenvalue weighted by Gasteiger charge is -2.23. The van der Waals surface area contributed by atoms with Crippen molar-refractivity contribution >= 4 is 33.4 Å². The standard InChI is InChI=1S/C22H29N3O2S/c26-20(23-16-8-3-1-2-4-9-16)13-14-21(27)25-15-7-11-18(25)22-24-17-10-5-6-12-19(17)28-22/h5-6,10,12,16,18H,1-4,7-9,11,13-15H2,(H,23,26). The molecular formula is C22H29N3O2S. The highest BCUT2D eigenvalue weighted by Crippen LogP contribution is 2.36. The zero-order chi connectivity index (χ0) is 19.3. The van der Waals surface area contributed by atoms with Crippen molar-refractivity contribution in [2.45, 2.75) is 76.3 Å². The number of carbonyl (C=O) groups is 2. The number of thiazole rings is 1. The summed E-state index contributed by atoms with van der Waals surface area (Å²) in [5.41, 5.74) is 1.00. The number of benzene rings is 1. The minimum absolute atomic E-state index is 0.0241. The summed E-state index contributed by atoms with van der Waals surface area (Å²) in [5.74, 6) is 0.105. The lowest BCUT2D eigenvalue weighted by Crippen LogP contribution is -2.36. The molecule has 2 fully saturated rings. The Bertz CT molecular complexity index is 793. The number of hydrogen-bond acceptors (Lipinski definition) is 4. The van der Waals surface area contributed by atoms with Gasteiger partial charge in [0.25, 0.3) is 0 Å². The Labute approximate surface area is 170 Å². The summed E-state index contributed by atoms with van der Waals surface area (Å²) >= 11 is 1.68. The molecule has 28 heavy (non-hydrogen) atoms. The molecule has 2 aliphatic rings. The van der Waals surface area contributed by atoms with Crippen LogP contribution in [0.3, 0.4) is 0 Å². The lowest BCUT2D eigenvalue weighted by atomic mass is 10.1. The van der Waals surface area contributed by atoms with Gasteiger partial charge in [0.15, 0.2) is 0 Å². The first-order valence-corrected chi connectivity index (χ1v) is 11.5. The SMILES string of the molecule is O=C(CCC(=O)N1CCCC1c1nc2ccccc2s1)NC1CCCCCC1. The van der Waals surface area contributed by atoms with E-state index in [2.05, 4.69) is 11.4 Å². The van der Waals surface area contributed by atoms with Crippen LogP contribution in [0.15, 0.2) is 24.3 Å². The van der Waals surface area contributed by atoms with E-state index in [0.717, 1.165) is 42.8 Å². The molecule has 1 aromatic heterocycles. The predicted molar refractivity (Wildman–Crippen MR) is 112 cm³/mol. The highest BCUT2D eigenvalue weighted by atomic mass is 32.1. The summed E-state index contributed by atoms with van der Waals surface area (Å²) in [6.07, 6.45) is 9.62. The normalized spacial score (nSPS) is 21.0. The number of para-hydroxylation sites is 1. The Hall–Kier alpha value is -1.95. The van der Waals surface area contributed by atoms with Crippen LogP contribution in [0.2, 0.25) is 0 Å². The molecule has 1 atom stereocenters. The maximum absolute atomic E-state index is 12.8. The zero-order valence-electron chi connectivity index (χ0n) is 16.4. The molecule has 1 aromatic carbocycles. The Morgan fingerprint density at radius 2 is 1.82 bits per heavy atom. The number of nitrogens with one attached hydrogen (secondary N) is 1. The molecule has 6 heteroatoms. The summed E-state index contributed by atoms with van der Waals surface area (Å²) in [5, 5.41) is 4.17. The molecule has 1 unspecified atom stereocenters. The molecule has 1 saturated carbocycles. The van der Waals surface area contributed by atoms with Crippen LogP contribution in [0.1, 0.15) is 75.3 Å². The molecule has 2 aromatic rings. The number of carbonyl (C=O) groups excluding carboxylic acids is 2. The van der Waals surface area contributed by atoms with Gasteiger partial charge in [-0.05, 0) is 37.8 Å². The lowest BCUT2D eigenvalue weighted by molar-refractivity contribution is -0.134. The van der Waals surface area contributed by atoms with Gasteiger partial charge in [-0.2, -0.15) is 0 Å². The van der Waals surface area contributed by atoms with E-state index in [0.29, 0.717) is 18.9 Å². The van der Waals surface area contributed by atoms with Gasteiger partial charge in [-0.15, -0.1) is 11.3 Å². The van der Waals surface area contributed by atoms with Crippen molar-refractivity contribution in [1.82, 2.24) is 15.2 Å². The summed E-state index contributed by atoms with van der Waals surface area (Å²) in [6, 6.07) is 8.48. The quantitative estimate of drug-likeness (QED) is 0.749. The number of rotatable bonds is 5. The van der Waals surface area contributed by atoms with E-state index in [1.807, 2.05) is 23.1 Å². The first-order chi connectivity index (χ1) is 13.7. The van der Waals surface area contributed by atoms with E-state index in [1.165, 1.54) is 30.4 Å². The van der Waals surface area contributed by atoms with Gasteiger partial charge in [0, 0.05) is 25.4 Å². The molecule has 1 N–H and O–H groups in total. The first-order valence-electron chi connectivity index (χ1n) is 10.6. The Morgan fingerprint density at radius 3 is 2.61 bits per heavy atom. The fraction of sp³-hybridized carbons (Fsp3) is 0.591. The number of aromatic nitrogens is 1. The molecular weight excluding hydrogens is 370 g/mol. The molecule has 150 valence electrons. The first kappa shape index (κ1) is 19.4. The van der Waals surface area contributed by atoms with Gasteiger partial charge in [0.2, 0.25) is 11.8 Å². The van der Waals surface area contributed by atoms with Crippen LogP contribution in [0.5, 0.6) is 0 Å². The number of likely N-dealkylation sites (tertiary alicyclic amines) is 1. The molecule has 1 aliphatic carbocycles. The van der Waals surface area contributed by atoms with Crippen LogP contribution in [-0.2, 0) is 9.59 Å². The van der Waals surface area contributed by atoms with Crippen molar-refractivity contribution in [2.24, 2.45) is 0 Å². The van der Waals surface area contributed by atoms with Gasteiger partial charge in [-0.1, -0.05) is 37.8 Å². The minimum atomic E-state index is 0.0241. The molecule has 1 aliphatic heterocycles. The molecule has 5 nitrogen and oxygen atoms in total. The highest BCUT2D eigenvalue weighted by molar-refractivity contribution is 7.18. The van der Waals surface area contributed by atoms with E-state index in [1.54, 1.807) is 11.3 Å². The molecule has 2 heterocycles. The van der Waals surface area contributed by atoms with Crippen LogP contribution in [0.4, 0.5) is 0 Å². The topological polar surface area (TPSA) is 62.3 Å². The van der Waals surface area contributed by atoms with E-state index in [-0.39, 0.29) is 17.9 Å². The monoisotopic (exact) mass is 399 g/mol. The average Bonchev–Trinajstić information content (AvgIpc) is 3.28. The van der Waals surface area contributed by atoms with Crippen molar-refractivity contribution in [3.63, 3.8) is 0 Å². The van der Waals surface area contributed by atoms with Crippen molar-refractivity contribution in [3.8, 4) is 0 Å². The van der Waals surface area contributed by atoms with Crippen molar-refractivity contribution in [3.05, 3.63) is 29.3 Å². The van der Waals surface area contributed by atoms with Crippen LogP contribution in [-0.4, -0.2) is 34.3 Å². The number of amides is 2. The fourth-order valence-electron chi connectivity index (χ4n) is 4.44.